The second-order valence-electron chi connectivity index (χ2n) is 3.85. The number of rotatable bonds is 3. The van der Waals surface area contributed by atoms with Crippen LogP contribution < -0.4 is 5.32 Å². The molecule has 0 fully saturated rings. The molecule has 0 atom stereocenters. The second-order valence-corrected chi connectivity index (χ2v) is 3.85. The van der Waals surface area contributed by atoms with Gasteiger partial charge in [-0.2, -0.15) is 5.10 Å². The van der Waals surface area contributed by atoms with E-state index >= 15 is 0 Å². The zero-order valence-electron chi connectivity index (χ0n) is 10.5. The summed E-state index contributed by atoms with van der Waals surface area (Å²) in [6.45, 7) is 1.91. The van der Waals surface area contributed by atoms with E-state index in [-0.39, 0.29) is 5.69 Å². The van der Waals surface area contributed by atoms with Gasteiger partial charge in [0.2, 0.25) is 0 Å². The molecule has 0 aliphatic heterocycles. The molecule has 0 bridgehead atoms. The van der Waals surface area contributed by atoms with Crippen molar-refractivity contribution in [3.05, 3.63) is 35.9 Å². The number of nitrogens with one attached hydrogen (secondary N) is 1. The molecule has 1 N–H and O–H groups in total. The molecule has 94 valence electrons. The largest absolute Gasteiger partial charge is 0.464 e. The van der Waals surface area contributed by atoms with Crippen LogP contribution >= 0.6 is 0 Å². The van der Waals surface area contributed by atoms with Crippen LogP contribution in [0.3, 0.4) is 0 Å². The molecular weight excluding hydrogens is 232 g/mol. The molecule has 2 aromatic rings. The zero-order chi connectivity index (χ0) is 13.1. The van der Waals surface area contributed by atoms with Crippen molar-refractivity contribution in [3.63, 3.8) is 0 Å². The number of carbonyl (C=O) groups is 1. The molecule has 2 aromatic heterocycles. The molecule has 0 spiro atoms. The number of pyridine rings is 1. The van der Waals surface area contributed by atoms with E-state index < -0.39 is 5.97 Å². The van der Waals surface area contributed by atoms with Crippen LogP contribution in [0.1, 0.15) is 16.2 Å². The maximum atomic E-state index is 11.4. The molecule has 0 saturated carbocycles. The van der Waals surface area contributed by atoms with E-state index in [1.54, 1.807) is 23.0 Å². The van der Waals surface area contributed by atoms with Gasteiger partial charge in [0.25, 0.3) is 0 Å². The predicted molar refractivity (Wildman–Crippen MR) is 66.8 cm³/mol. The molecular formula is C12H14N4O2. The number of carbonyl (C=O) groups excluding carboxylic acids is 1. The average Bonchev–Trinajstić information content (AvgIpc) is 2.67. The smallest absolute Gasteiger partial charge is 0.356 e. The summed E-state index contributed by atoms with van der Waals surface area (Å²) in [6, 6.07) is 3.41. The molecule has 0 aliphatic rings. The van der Waals surface area contributed by atoms with Crippen molar-refractivity contribution in [2.75, 3.05) is 12.4 Å². The second kappa shape index (κ2) is 4.87. The number of ether oxygens (including phenoxy) is 1. The van der Waals surface area contributed by atoms with Crippen LogP contribution in [-0.2, 0) is 11.8 Å². The van der Waals surface area contributed by atoms with Crippen LogP contribution in [0.5, 0.6) is 0 Å². The van der Waals surface area contributed by atoms with Crippen LogP contribution in [0.2, 0.25) is 0 Å². The highest BCUT2D eigenvalue weighted by Crippen LogP contribution is 2.19. The summed E-state index contributed by atoms with van der Waals surface area (Å²) in [4.78, 5) is 15.3. The number of nitrogens with zero attached hydrogens (tertiary/aromatic N) is 3. The Hall–Kier alpha value is -2.37. The van der Waals surface area contributed by atoms with Crippen LogP contribution in [-0.4, -0.2) is 27.8 Å². The molecule has 0 saturated heterocycles. The zero-order valence-corrected chi connectivity index (χ0v) is 10.5. The molecule has 6 heteroatoms. The van der Waals surface area contributed by atoms with Crippen LogP contribution in [0.15, 0.2) is 24.5 Å². The van der Waals surface area contributed by atoms with Gasteiger partial charge in [0.15, 0.2) is 0 Å². The minimum Gasteiger partial charge on any atom is -0.464 e. The van der Waals surface area contributed by atoms with Gasteiger partial charge in [-0.25, -0.2) is 9.78 Å². The van der Waals surface area contributed by atoms with E-state index in [4.69, 9.17) is 0 Å². The van der Waals surface area contributed by atoms with Crippen molar-refractivity contribution in [2.24, 2.45) is 7.05 Å². The SMILES string of the molecule is COC(=O)c1cc(Nc2cn(C)nc2C)ccn1. The molecule has 2 rings (SSSR count). The number of aromatic nitrogens is 3. The van der Waals surface area contributed by atoms with E-state index in [1.807, 2.05) is 20.2 Å². The predicted octanol–water partition coefficient (Wildman–Crippen LogP) is 1.65. The third kappa shape index (κ3) is 2.48. The van der Waals surface area contributed by atoms with Gasteiger partial charge in [-0.1, -0.05) is 0 Å². The van der Waals surface area contributed by atoms with Crippen molar-refractivity contribution >= 4 is 17.3 Å². The fourth-order valence-electron chi connectivity index (χ4n) is 1.60. The van der Waals surface area contributed by atoms with Crippen LogP contribution in [0.25, 0.3) is 0 Å². The van der Waals surface area contributed by atoms with Crippen molar-refractivity contribution in [1.29, 1.82) is 0 Å². The van der Waals surface area contributed by atoms with Crippen molar-refractivity contribution < 1.29 is 9.53 Å². The number of aryl methyl sites for hydroxylation is 2. The van der Waals surface area contributed by atoms with Crippen LogP contribution in [0, 0.1) is 6.92 Å². The van der Waals surface area contributed by atoms with Gasteiger partial charge in [-0.3, -0.25) is 4.68 Å². The summed E-state index contributed by atoms with van der Waals surface area (Å²) in [5, 5.41) is 7.41. The highest BCUT2D eigenvalue weighted by atomic mass is 16.5. The quantitative estimate of drug-likeness (QED) is 0.834. The summed E-state index contributed by atoms with van der Waals surface area (Å²) < 4.78 is 6.35. The van der Waals surface area contributed by atoms with Gasteiger partial charge in [0, 0.05) is 25.1 Å². The Bertz CT molecular complexity index is 577. The molecule has 6 nitrogen and oxygen atoms in total. The minimum atomic E-state index is -0.457. The molecule has 2 heterocycles. The van der Waals surface area contributed by atoms with Gasteiger partial charge in [-0.15, -0.1) is 0 Å². The normalized spacial score (nSPS) is 10.2. The Morgan fingerprint density at radius 1 is 1.50 bits per heavy atom. The van der Waals surface area contributed by atoms with E-state index in [9.17, 15) is 4.79 Å². The fraction of sp³-hybridized carbons (Fsp3) is 0.250. The summed E-state index contributed by atoms with van der Waals surface area (Å²) >= 11 is 0. The molecule has 0 aromatic carbocycles. The van der Waals surface area contributed by atoms with E-state index in [2.05, 4.69) is 20.1 Å². The lowest BCUT2D eigenvalue weighted by atomic mass is 10.3. The Morgan fingerprint density at radius 3 is 2.89 bits per heavy atom. The summed E-state index contributed by atoms with van der Waals surface area (Å²) in [7, 11) is 3.18. The number of esters is 1. The highest BCUT2D eigenvalue weighted by molar-refractivity contribution is 5.88. The third-order valence-corrected chi connectivity index (χ3v) is 2.45. The third-order valence-electron chi connectivity index (χ3n) is 2.45. The van der Waals surface area contributed by atoms with Gasteiger partial charge >= 0.3 is 5.97 Å². The molecule has 0 radical (unpaired) electrons. The first-order valence-corrected chi connectivity index (χ1v) is 5.42. The Labute approximate surface area is 105 Å². The molecule has 18 heavy (non-hydrogen) atoms. The number of anilines is 2. The maximum Gasteiger partial charge on any atom is 0.356 e. The number of methoxy groups -OCH3 is 1. The topological polar surface area (TPSA) is 69.0 Å². The first-order chi connectivity index (χ1) is 8.60. The van der Waals surface area contributed by atoms with Gasteiger partial charge in [-0.05, 0) is 19.1 Å². The van der Waals surface area contributed by atoms with Crippen molar-refractivity contribution in [2.45, 2.75) is 6.92 Å². The maximum absolute atomic E-state index is 11.4. The minimum absolute atomic E-state index is 0.268. The summed E-state index contributed by atoms with van der Waals surface area (Å²) in [6.07, 6.45) is 3.42. The lowest BCUT2D eigenvalue weighted by molar-refractivity contribution is 0.0594. The lowest BCUT2D eigenvalue weighted by Gasteiger charge is -2.05. The summed E-state index contributed by atoms with van der Waals surface area (Å²) in [5.41, 5.74) is 2.80. The van der Waals surface area contributed by atoms with E-state index in [0.717, 1.165) is 17.1 Å². The molecule has 0 aliphatic carbocycles. The van der Waals surface area contributed by atoms with E-state index in [0.29, 0.717) is 0 Å². The Kier molecular flexibility index (Phi) is 3.27. The van der Waals surface area contributed by atoms with Gasteiger partial charge in [0.05, 0.1) is 18.5 Å². The summed E-state index contributed by atoms with van der Waals surface area (Å²) in [5.74, 6) is -0.457. The Morgan fingerprint density at radius 2 is 2.28 bits per heavy atom. The fourth-order valence-corrected chi connectivity index (χ4v) is 1.60. The number of hydrogen-bond donors (Lipinski definition) is 1. The molecule has 0 amide bonds. The average molecular weight is 246 g/mol. The molecule has 0 unspecified atom stereocenters. The first kappa shape index (κ1) is 12.1. The van der Waals surface area contributed by atoms with Gasteiger partial charge in [0.1, 0.15) is 5.69 Å². The first-order valence-electron chi connectivity index (χ1n) is 5.42. The van der Waals surface area contributed by atoms with Crippen LogP contribution in [0.4, 0.5) is 11.4 Å². The highest BCUT2D eigenvalue weighted by Gasteiger charge is 2.09. The standard InChI is InChI=1S/C12H14N4O2/c1-8-11(7-16(2)15-8)14-9-4-5-13-10(6-9)12(17)18-3/h4-7H,1-3H3,(H,13,14). The van der Waals surface area contributed by atoms with Crippen molar-refractivity contribution in [3.8, 4) is 0 Å². The van der Waals surface area contributed by atoms with E-state index in [1.165, 1.54) is 7.11 Å². The monoisotopic (exact) mass is 246 g/mol. The van der Waals surface area contributed by atoms with Gasteiger partial charge < -0.3 is 10.1 Å². The Balaban J connectivity index is 2.24. The lowest BCUT2D eigenvalue weighted by Crippen LogP contribution is -2.04. The number of hydrogen-bond acceptors (Lipinski definition) is 5. The van der Waals surface area contributed by atoms with Crippen molar-refractivity contribution in [1.82, 2.24) is 14.8 Å².